The summed E-state index contributed by atoms with van der Waals surface area (Å²) >= 11 is 0. The summed E-state index contributed by atoms with van der Waals surface area (Å²) in [6, 6.07) is 2.64. The van der Waals surface area contributed by atoms with Crippen LogP contribution in [0.3, 0.4) is 0 Å². The van der Waals surface area contributed by atoms with Crippen molar-refractivity contribution in [3.05, 3.63) is 23.5 Å². The molecule has 11 heavy (non-hydrogen) atoms. The second-order valence-electron chi connectivity index (χ2n) is 2.22. The standard InChI is InChI=1S/C8H9FO2/c1-5-7(11-2)4-3-6(9)8(5)10/h3-4,10H,1-2H3. The minimum atomic E-state index is -0.622. The van der Waals surface area contributed by atoms with Crippen LogP contribution in [0.1, 0.15) is 5.56 Å². The quantitative estimate of drug-likeness (QED) is 0.672. The van der Waals surface area contributed by atoms with Gasteiger partial charge in [-0.2, -0.15) is 0 Å². The molecule has 0 radical (unpaired) electrons. The van der Waals surface area contributed by atoms with Crippen LogP contribution < -0.4 is 4.74 Å². The summed E-state index contributed by atoms with van der Waals surface area (Å²) in [6.07, 6.45) is 0. The second-order valence-corrected chi connectivity index (χ2v) is 2.22. The average molecular weight is 156 g/mol. The molecule has 0 amide bonds. The average Bonchev–Trinajstić information content (AvgIpc) is 2.01. The van der Waals surface area contributed by atoms with Crippen LogP contribution in [0, 0.1) is 12.7 Å². The van der Waals surface area contributed by atoms with E-state index in [-0.39, 0.29) is 5.75 Å². The molecule has 0 bridgehead atoms. The zero-order valence-corrected chi connectivity index (χ0v) is 6.39. The summed E-state index contributed by atoms with van der Waals surface area (Å²) in [7, 11) is 1.47. The topological polar surface area (TPSA) is 29.5 Å². The molecule has 0 aliphatic rings. The number of phenols is 1. The maximum atomic E-state index is 12.6. The Morgan fingerprint density at radius 3 is 2.64 bits per heavy atom. The van der Waals surface area contributed by atoms with Gasteiger partial charge in [-0.05, 0) is 19.1 Å². The predicted octanol–water partition coefficient (Wildman–Crippen LogP) is 1.85. The lowest BCUT2D eigenvalue weighted by Gasteiger charge is -2.05. The molecule has 0 heterocycles. The number of aromatic hydroxyl groups is 1. The molecular formula is C8H9FO2. The van der Waals surface area contributed by atoms with E-state index in [2.05, 4.69) is 0 Å². The zero-order chi connectivity index (χ0) is 8.43. The van der Waals surface area contributed by atoms with Crippen molar-refractivity contribution in [1.82, 2.24) is 0 Å². The first-order valence-electron chi connectivity index (χ1n) is 3.19. The normalized spacial score (nSPS) is 9.73. The number of ether oxygens (including phenoxy) is 1. The van der Waals surface area contributed by atoms with E-state index in [1.54, 1.807) is 6.92 Å². The lowest BCUT2D eigenvalue weighted by Crippen LogP contribution is -1.88. The largest absolute Gasteiger partial charge is 0.505 e. The Morgan fingerprint density at radius 1 is 1.45 bits per heavy atom. The highest BCUT2D eigenvalue weighted by Crippen LogP contribution is 2.28. The van der Waals surface area contributed by atoms with E-state index in [4.69, 9.17) is 9.84 Å². The van der Waals surface area contributed by atoms with Crippen LogP contribution in [-0.2, 0) is 0 Å². The molecule has 1 N–H and O–H groups in total. The van der Waals surface area contributed by atoms with Crippen LogP contribution in [-0.4, -0.2) is 12.2 Å². The van der Waals surface area contributed by atoms with E-state index < -0.39 is 5.82 Å². The van der Waals surface area contributed by atoms with E-state index >= 15 is 0 Å². The minimum Gasteiger partial charge on any atom is -0.505 e. The smallest absolute Gasteiger partial charge is 0.165 e. The van der Waals surface area contributed by atoms with Crippen molar-refractivity contribution in [3.63, 3.8) is 0 Å². The van der Waals surface area contributed by atoms with Gasteiger partial charge in [-0.15, -0.1) is 0 Å². The molecule has 3 heteroatoms. The summed E-state index contributed by atoms with van der Waals surface area (Å²) in [5.41, 5.74) is 0.424. The fourth-order valence-electron chi connectivity index (χ4n) is 0.870. The van der Waals surface area contributed by atoms with Crippen molar-refractivity contribution in [1.29, 1.82) is 0 Å². The molecular weight excluding hydrogens is 147 g/mol. The summed E-state index contributed by atoms with van der Waals surface area (Å²) < 4.78 is 17.4. The van der Waals surface area contributed by atoms with Gasteiger partial charge in [0.25, 0.3) is 0 Å². The third kappa shape index (κ3) is 1.27. The van der Waals surface area contributed by atoms with Gasteiger partial charge >= 0.3 is 0 Å². The van der Waals surface area contributed by atoms with Crippen molar-refractivity contribution in [3.8, 4) is 11.5 Å². The number of phenolic OH excluding ortho intramolecular Hbond substituents is 1. The van der Waals surface area contributed by atoms with Gasteiger partial charge in [0, 0.05) is 5.56 Å². The minimum absolute atomic E-state index is 0.343. The first-order chi connectivity index (χ1) is 5.16. The van der Waals surface area contributed by atoms with Gasteiger partial charge < -0.3 is 9.84 Å². The van der Waals surface area contributed by atoms with Crippen LogP contribution >= 0.6 is 0 Å². The van der Waals surface area contributed by atoms with E-state index in [0.717, 1.165) is 0 Å². The van der Waals surface area contributed by atoms with Crippen LogP contribution in [0.25, 0.3) is 0 Å². The molecule has 60 valence electrons. The molecule has 0 unspecified atom stereocenters. The van der Waals surface area contributed by atoms with E-state index in [1.165, 1.54) is 19.2 Å². The number of hydrogen-bond donors (Lipinski definition) is 1. The number of halogens is 1. The van der Waals surface area contributed by atoms with Crippen LogP contribution in [0.4, 0.5) is 4.39 Å². The molecule has 0 aliphatic heterocycles. The Morgan fingerprint density at radius 2 is 2.09 bits per heavy atom. The van der Waals surface area contributed by atoms with Gasteiger partial charge in [0.1, 0.15) is 5.75 Å². The SMILES string of the molecule is COc1ccc(F)c(O)c1C. The Hall–Kier alpha value is -1.25. The van der Waals surface area contributed by atoms with Crippen LogP contribution in [0.15, 0.2) is 12.1 Å². The first-order valence-corrected chi connectivity index (χ1v) is 3.19. The first kappa shape index (κ1) is 7.85. The lowest BCUT2D eigenvalue weighted by molar-refractivity contribution is 0.391. The van der Waals surface area contributed by atoms with Crippen LogP contribution in [0.2, 0.25) is 0 Å². The van der Waals surface area contributed by atoms with Crippen LogP contribution in [0.5, 0.6) is 11.5 Å². The lowest BCUT2D eigenvalue weighted by atomic mass is 10.2. The molecule has 0 saturated heterocycles. The summed E-state index contributed by atoms with van der Waals surface area (Å²) in [6.45, 7) is 1.59. The third-order valence-electron chi connectivity index (χ3n) is 1.55. The van der Waals surface area contributed by atoms with Crippen molar-refractivity contribution in [2.45, 2.75) is 6.92 Å². The van der Waals surface area contributed by atoms with Gasteiger partial charge in [-0.1, -0.05) is 0 Å². The van der Waals surface area contributed by atoms with E-state index in [1.807, 2.05) is 0 Å². The van der Waals surface area contributed by atoms with E-state index in [9.17, 15) is 4.39 Å². The van der Waals surface area contributed by atoms with Gasteiger partial charge in [-0.3, -0.25) is 0 Å². The fraction of sp³-hybridized carbons (Fsp3) is 0.250. The molecule has 2 nitrogen and oxygen atoms in total. The Balaban J connectivity index is 3.25. The van der Waals surface area contributed by atoms with E-state index in [0.29, 0.717) is 11.3 Å². The summed E-state index contributed by atoms with van der Waals surface area (Å²) in [5.74, 6) is -0.475. The Labute approximate surface area is 64.2 Å². The van der Waals surface area contributed by atoms with Crippen molar-refractivity contribution < 1.29 is 14.2 Å². The molecule has 1 rings (SSSR count). The molecule has 0 saturated carbocycles. The fourth-order valence-corrected chi connectivity index (χ4v) is 0.870. The van der Waals surface area contributed by atoms with Crippen molar-refractivity contribution in [2.24, 2.45) is 0 Å². The highest BCUT2D eigenvalue weighted by Gasteiger charge is 2.07. The number of benzene rings is 1. The maximum Gasteiger partial charge on any atom is 0.165 e. The molecule has 0 atom stereocenters. The van der Waals surface area contributed by atoms with Gasteiger partial charge in [0.05, 0.1) is 7.11 Å². The van der Waals surface area contributed by atoms with Gasteiger partial charge in [-0.25, -0.2) is 4.39 Å². The van der Waals surface area contributed by atoms with Gasteiger partial charge in [0.15, 0.2) is 11.6 Å². The highest BCUT2D eigenvalue weighted by molar-refractivity contribution is 5.43. The highest BCUT2D eigenvalue weighted by atomic mass is 19.1. The van der Waals surface area contributed by atoms with Crippen molar-refractivity contribution >= 4 is 0 Å². The molecule has 1 aromatic carbocycles. The Kier molecular flexibility index (Phi) is 1.98. The second kappa shape index (κ2) is 2.78. The zero-order valence-electron chi connectivity index (χ0n) is 6.39. The predicted molar refractivity (Wildman–Crippen MR) is 39.4 cm³/mol. The monoisotopic (exact) mass is 156 g/mol. The van der Waals surface area contributed by atoms with Gasteiger partial charge in [0.2, 0.25) is 0 Å². The molecule has 0 spiro atoms. The Bertz CT molecular complexity index is 271. The summed E-state index contributed by atoms with van der Waals surface area (Å²) in [4.78, 5) is 0. The number of rotatable bonds is 1. The molecule has 0 fully saturated rings. The third-order valence-corrected chi connectivity index (χ3v) is 1.55. The molecule has 0 aliphatic carbocycles. The maximum absolute atomic E-state index is 12.6. The van der Waals surface area contributed by atoms with Crippen molar-refractivity contribution in [2.75, 3.05) is 7.11 Å². The number of methoxy groups -OCH3 is 1. The molecule has 0 aromatic heterocycles. The number of hydrogen-bond acceptors (Lipinski definition) is 2. The summed E-state index contributed by atoms with van der Waals surface area (Å²) in [5, 5.41) is 9.06. The molecule has 1 aromatic rings.